The van der Waals surface area contributed by atoms with E-state index in [1.807, 2.05) is 60.7 Å². The van der Waals surface area contributed by atoms with Gasteiger partial charge < -0.3 is 43.1 Å². The average molecular weight is 1500 g/mol. The Bertz CT molecular complexity index is 4640. The highest BCUT2D eigenvalue weighted by atomic mass is 32.2. The van der Waals surface area contributed by atoms with Crippen LogP contribution in [0.15, 0.2) is 169 Å². The fraction of sp³-hybridized carbons (Fsp3) is 0.397. The zero-order chi connectivity index (χ0) is 74.8. The van der Waals surface area contributed by atoms with E-state index in [1.165, 1.54) is 37.8 Å². The summed E-state index contributed by atoms with van der Waals surface area (Å²) in [6, 6.07) is 41.0. The van der Waals surface area contributed by atoms with E-state index in [0.29, 0.717) is 90.0 Å². The smallest absolute Gasteiger partial charge is 0.416 e. The number of amides is 3. The summed E-state index contributed by atoms with van der Waals surface area (Å²) in [4.78, 5) is 43.2. The van der Waals surface area contributed by atoms with Crippen LogP contribution in [0.1, 0.15) is 150 Å². The summed E-state index contributed by atoms with van der Waals surface area (Å²) in [7, 11) is -6.53. The van der Waals surface area contributed by atoms with Gasteiger partial charge in [0.2, 0.25) is 27.7 Å². The van der Waals surface area contributed by atoms with E-state index in [-0.39, 0.29) is 65.9 Å². The summed E-state index contributed by atoms with van der Waals surface area (Å²) in [6.45, 7) is 7.95. The van der Waals surface area contributed by atoms with Crippen molar-refractivity contribution in [2.24, 2.45) is 0 Å². The lowest BCUT2D eigenvalue weighted by atomic mass is 9.98. The molecule has 6 aliphatic rings. The topological polar surface area (TPSA) is 255 Å². The predicted octanol–water partition coefficient (Wildman–Crippen LogP) is 15.5. The summed E-state index contributed by atoms with van der Waals surface area (Å²) >= 11 is 0. The zero-order valence-electron chi connectivity index (χ0n) is 59.3. The van der Waals surface area contributed by atoms with Crippen LogP contribution >= 0.6 is 0 Å². The Morgan fingerprint density at radius 3 is 1.12 bits per heavy atom. The number of nitrogens with one attached hydrogen (secondary N) is 3. The van der Waals surface area contributed by atoms with Crippen molar-refractivity contribution in [3.8, 4) is 34.5 Å². The number of sulfonamides is 3. The number of hydrogen-bond acceptors (Lipinski definition) is 15. The molecule has 3 N–H and O–H groups in total. The van der Waals surface area contributed by atoms with Crippen LogP contribution in [0.25, 0.3) is 0 Å². The second-order valence-corrected chi connectivity index (χ2v) is 32.9. The summed E-state index contributed by atoms with van der Waals surface area (Å²) in [5.41, 5.74) is 4.72. The van der Waals surface area contributed by atoms with E-state index < -0.39 is 52.0 Å². The van der Waals surface area contributed by atoms with Gasteiger partial charge in [-0.1, -0.05) is 49.0 Å². The van der Waals surface area contributed by atoms with Crippen LogP contribution in [0.5, 0.6) is 34.5 Å². The normalized spacial score (nSPS) is 18.9. The van der Waals surface area contributed by atoms with Gasteiger partial charge in [0.1, 0.15) is 0 Å². The summed E-state index contributed by atoms with van der Waals surface area (Å²) in [6.07, 6.45) is 10.1. The van der Waals surface area contributed by atoms with E-state index in [1.54, 1.807) is 104 Å². The van der Waals surface area contributed by atoms with Crippen molar-refractivity contribution in [3.63, 3.8) is 0 Å². The number of ether oxygens (including phenoxy) is 6. The molecule has 13 rings (SSSR count). The highest BCUT2D eigenvalue weighted by molar-refractivity contribution is 7.95. The minimum absolute atomic E-state index is 0.00666. The molecule has 3 aliphatic carbocycles. The molecule has 3 heterocycles. The van der Waals surface area contributed by atoms with E-state index in [4.69, 9.17) is 28.4 Å². The number of carbonyl (C=O) groups is 3. The number of nitrogens with zero attached hydrogens (tertiary/aromatic N) is 3. The van der Waals surface area contributed by atoms with Crippen LogP contribution in [-0.4, -0.2) is 108 Å². The van der Waals surface area contributed by atoms with Crippen molar-refractivity contribution in [3.05, 3.63) is 186 Å². The van der Waals surface area contributed by atoms with Gasteiger partial charge in [-0.05, 0) is 217 Å². The Hall–Kier alpha value is -9.47. The third-order valence-electron chi connectivity index (χ3n) is 19.7. The van der Waals surface area contributed by atoms with E-state index in [9.17, 15) is 52.8 Å². The lowest BCUT2D eigenvalue weighted by molar-refractivity contribution is -0.137. The van der Waals surface area contributed by atoms with Gasteiger partial charge in [-0.2, -0.15) is 13.2 Å². The number of alkyl halides is 3. The molecule has 0 spiro atoms. The summed E-state index contributed by atoms with van der Waals surface area (Å²) in [5, 5.41) is 0.306. The number of halogens is 3. The maximum Gasteiger partial charge on any atom is 0.416 e. The third kappa shape index (κ3) is 19.3. The van der Waals surface area contributed by atoms with Crippen LogP contribution in [0.2, 0.25) is 0 Å². The molecule has 3 unspecified atom stereocenters. The van der Waals surface area contributed by atoms with Crippen LogP contribution < -0.4 is 57.3 Å². The molecular weight excluding hydrogens is 1410 g/mol. The van der Waals surface area contributed by atoms with Gasteiger partial charge in [-0.25, -0.2) is 25.3 Å². The first-order chi connectivity index (χ1) is 50.2. The average Bonchev–Trinajstić information content (AvgIpc) is 1.71. The third-order valence-corrected chi connectivity index (χ3v) is 23.8. The number of anilines is 6. The van der Waals surface area contributed by atoms with E-state index in [2.05, 4.69) is 20.7 Å². The van der Waals surface area contributed by atoms with E-state index in [0.717, 1.165) is 103 Å². The highest BCUT2D eigenvalue weighted by Crippen LogP contribution is 2.43. The van der Waals surface area contributed by atoms with Gasteiger partial charge in [-0.15, -0.1) is 0 Å². The zero-order valence-corrected chi connectivity index (χ0v) is 61.8. The number of benzene rings is 7. The molecule has 3 atom stereocenters. The fourth-order valence-electron chi connectivity index (χ4n) is 14.0. The number of rotatable bonds is 24. The Morgan fingerprint density at radius 1 is 0.448 bits per heavy atom. The predicted molar refractivity (Wildman–Crippen MR) is 399 cm³/mol. The monoisotopic (exact) mass is 1500 g/mol. The molecule has 105 heavy (non-hydrogen) atoms. The summed E-state index contributed by atoms with van der Waals surface area (Å²) < 4.78 is 155. The molecule has 3 amide bonds. The van der Waals surface area contributed by atoms with Crippen LogP contribution in [0.4, 0.5) is 47.3 Å². The molecule has 3 aliphatic heterocycles. The molecule has 0 bridgehead atoms. The second kappa shape index (κ2) is 33.3. The van der Waals surface area contributed by atoms with Crippen molar-refractivity contribution in [1.29, 1.82) is 0 Å². The maximum atomic E-state index is 13.1. The van der Waals surface area contributed by atoms with Crippen molar-refractivity contribution >= 4 is 81.9 Å². The number of carbonyl (C=O) groups excluding carboxylic acids is 3. The van der Waals surface area contributed by atoms with Gasteiger partial charge in [-0.3, -0.25) is 28.5 Å². The van der Waals surface area contributed by atoms with Gasteiger partial charge >= 0.3 is 6.18 Å². The van der Waals surface area contributed by atoms with Crippen molar-refractivity contribution < 1.29 is 81.2 Å². The van der Waals surface area contributed by atoms with Gasteiger partial charge in [0.25, 0.3) is 20.0 Å². The first-order valence-electron chi connectivity index (χ1n) is 35.3. The van der Waals surface area contributed by atoms with Gasteiger partial charge in [0, 0.05) is 79.1 Å². The second-order valence-electron chi connectivity index (χ2n) is 27.3. The minimum Gasteiger partial charge on any atom is -0.493 e. The van der Waals surface area contributed by atoms with Crippen molar-refractivity contribution in [2.45, 2.75) is 163 Å². The number of methoxy groups -OCH3 is 3. The standard InChI is InChI=1S/C29H29F3N2O5S.C25H32N2O5S.C24H28N2O5S/c1-38-26-13-12-19(14-27(26)39-24-9-2-3-10-24)20-15-28(35)34(18-20)23-8-5-7-22(17-23)33-40(36,37)25-11-4-6-21(16-25)29(30,31)32;1-17(2)33(29,30)26-20-7-6-8-21(15-20)27-16-19(14-25(27)28)18-11-12-23(31-3)24(13-18)32-22-9-4-5-10-22;1-3-32(28,29)25-19-7-6-8-20(15-19)26-16-18(14-24(26)27)17-11-12-22(30-2)23(13-17)31-21-9-4-5-10-21/h4-8,11-14,16-17,20,24,33H,2-3,9-10,15,18H2,1H3;6-8,11-13,15,17,19,22,26H,4-5,9-10,14,16H2,1-3H3;3,6-8,11-13,15,18,21,25H,1,4-5,9-10,14,16H2,2H3. The van der Waals surface area contributed by atoms with Gasteiger partial charge in [0.05, 0.1) is 72.4 Å². The molecule has 7 aromatic carbocycles. The Labute approximate surface area is 612 Å². The number of hydrogen-bond donors (Lipinski definition) is 3. The van der Waals surface area contributed by atoms with Crippen molar-refractivity contribution in [1.82, 2.24) is 0 Å². The highest BCUT2D eigenvalue weighted by Gasteiger charge is 2.37. The largest absolute Gasteiger partial charge is 0.493 e. The molecule has 3 saturated heterocycles. The molecule has 0 radical (unpaired) electrons. The molecule has 7 aromatic rings. The Balaban J connectivity index is 0.000000159. The molecular formula is C78H89F3N6O15S3. The molecule has 3 saturated carbocycles. The van der Waals surface area contributed by atoms with Crippen LogP contribution in [0, 0.1) is 0 Å². The summed E-state index contributed by atoms with van der Waals surface area (Å²) in [5.74, 6) is 3.94. The Kier molecular flexibility index (Phi) is 24.3. The Morgan fingerprint density at radius 2 is 0.790 bits per heavy atom. The minimum atomic E-state index is -4.68. The first kappa shape index (κ1) is 76.7. The van der Waals surface area contributed by atoms with E-state index >= 15 is 0 Å². The maximum absolute atomic E-state index is 13.1. The van der Waals surface area contributed by atoms with Crippen LogP contribution in [-0.2, 0) is 50.6 Å². The fourth-order valence-corrected chi connectivity index (χ4v) is 16.3. The van der Waals surface area contributed by atoms with Gasteiger partial charge in [0.15, 0.2) is 34.5 Å². The lowest BCUT2D eigenvalue weighted by Gasteiger charge is -2.20. The lowest BCUT2D eigenvalue weighted by Crippen LogP contribution is -2.25. The first-order valence-corrected chi connectivity index (χ1v) is 39.9. The van der Waals surface area contributed by atoms with Crippen LogP contribution in [0.3, 0.4) is 0 Å². The quantitative estimate of drug-likeness (QED) is 0.0508. The molecule has 6 fully saturated rings. The molecule has 21 nitrogen and oxygen atoms in total. The molecule has 560 valence electrons. The van der Waals surface area contributed by atoms with Crippen molar-refractivity contribution in [2.75, 3.05) is 69.8 Å². The molecule has 27 heteroatoms. The SMILES string of the molecule is C=CS(=O)(=O)Nc1cccc(N2CC(c3ccc(OC)c(OC4CCCC4)c3)CC2=O)c1.COc1ccc(C2CC(=O)N(c3cccc(NS(=O)(=O)C(C)C)c3)C2)cc1OC1CCCC1.COc1ccc(C2CC(=O)N(c3cccc(NS(=O)(=O)c4cccc(C(F)(F)F)c4)c3)C2)cc1OC1CCCC1. The molecule has 0 aromatic heterocycles.